The van der Waals surface area contributed by atoms with Gasteiger partial charge in [-0.15, -0.1) is 0 Å². The zero-order valence-electron chi connectivity index (χ0n) is 29.6. The summed E-state index contributed by atoms with van der Waals surface area (Å²) < 4.78 is 1.17. The number of hydrogen-bond donors (Lipinski definition) is 0. The van der Waals surface area contributed by atoms with Gasteiger partial charge in [-0.25, -0.2) is 15.0 Å². The third-order valence-corrected chi connectivity index (χ3v) is 12.9. The molecule has 1 aromatic heterocycles. The molecule has 53 heavy (non-hydrogen) atoms. The Balaban J connectivity index is 0.953. The van der Waals surface area contributed by atoms with Crippen molar-refractivity contribution in [2.45, 2.75) is 49.4 Å². The normalized spacial score (nSPS) is 22.9. The van der Waals surface area contributed by atoms with Crippen molar-refractivity contribution in [2.24, 2.45) is 11.8 Å². The second kappa shape index (κ2) is 13.0. The molecule has 7 aromatic rings. The highest BCUT2D eigenvalue weighted by atomic mass is 79.9. The number of hydrogen-bond acceptors (Lipinski definition) is 3. The molecule has 0 spiro atoms. The molecule has 4 saturated carbocycles. The lowest BCUT2D eigenvalue weighted by Gasteiger charge is -2.63. The van der Waals surface area contributed by atoms with Crippen molar-refractivity contribution >= 4 is 15.9 Å². The van der Waals surface area contributed by atoms with Crippen LogP contribution in [0.5, 0.6) is 0 Å². The first-order valence-corrected chi connectivity index (χ1v) is 19.8. The van der Waals surface area contributed by atoms with E-state index in [2.05, 4.69) is 113 Å². The monoisotopic (exact) mass is 749 g/mol. The highest BCUT2D eigenvalue weighted by Gasteiger charge is 2.58. The SMILES string of the molecule is Brc1ccc(C23CC4CC(C2)CC(c2ccc(-c5cccc(-c6cccc(-c7nc(-c8ccccc8)nc(-c8ccccc8)n7)c6)c5)cc2)(C4)C3)cc1. The second-order valence-corrected chi connectivity index (χ2v) is 16.7. The van der Waals surface area contributed by atoms with Crippen LogP contribution in [0.4, 0.5) is 0 Å². The van der Waals surface area contributed by atoms with E-state index in [1.807, 2.05) is 60.7 Å². The molecular formula is C49H40BrN3. The Bertz CT molecular complexity index is 2350. The molecule has 4 aliphatic carbocycles. The summed E-state index contributed by atoms with van der Waals surface area (Å²) in [5.41, 5.74) is 11.4. The maximum Gasteiger partial charge on any atom is 0.164 e. The Labute approximate surface area is 320 Å². The topological polar surface area (TPSA) is 38.7 Å². The molecule has 2 atom stereocenters. The fraction of sp³-hybridized carbons (Fsp3) is 0.204. The fourth-order valence-corrected chi connectivity index (χ4v) is 10.7. The Morgan fingerprint density at radius 2 is 0.792 bits per heavy atom. The van der Waals surface area contributed by atoms with Crippen molar-refractivity contribution in [1.29, 1.82) is 0 Å². The van der Waals surface area contributed by atoms with Crippen LogP contribution in [0, 0.1) is 11.8 Å². The lowest BCUT2D eigenvalue weighted by atomic mass is 9.42. The van der Waals surface area contributed by atoms with Gasteiger partial charge < -0.3 is 0 Å². The van der Waals surface area contributed by atoms with Crippen LogP contribution >= 0.6 is 15.9 Å². The minimum Gasteiger partial charge on any atom is -0.208 e. The molecule has 11 rings (SSSR count). The lowest BCUT2D eigenvalue weighted by Crippen LogP contribution is -2.55. The van der Waals surface area contributed by atoms with Crippen LogP contribution < -0.4 is 0 Å². The summed E-state index contributed by atoms with van der Waals surface area (Å²) in [5.74, 6) is 3.67. The minimum atomic E-state index is 0.285. The van der Waals surface area contributed by atoms with Gasteiger partial charge in [0, 0.05) is 21.2 Å². The van der Waals surface area contributed by atoms with Crippen molar-refractivity contribution in [3.63, 3.8) is 0 Å². The van der Waals surface area contributed by atoms with Crippen LogP contribution in [0.2, 0.25) is 0 Å². The van der Waals surface area contributed by atoms with Crippen LogP contribution in [0.1, 0.15) is 49.7 Å². The Morgan fingerprint density at radius 1 is 0.396 bits per heavy atom. The molecule has 1 heterocycles. The molecule has 0 amide bonds. The maximum absolute atomic E-state index is 4.98. The van der Waals surface area contributed by atoms with E-state index in [9.17, 15) is 0 Å². The van der Waals surface area contributed by atoms with Gasteiger partial charge in [-0.05, 0) is 119 Å². The minimum absolute atomic E-state index is 0.285. The molecule has 0 aliphatic heterocycles. The predicted octanol–water partition coefficient (Wildman–Crippen LogP) is 12.8. The molecule has 2 unspecified atom stereocenters. The van der Waals surface area contributed by atoms with E-state index in [4.69, 9.17) is 15.0 Å². The van der Waals surface area contributed by atoms with Crippen LogP contribution in [0.25, 0.3) is 56.4 Å². The molecule has 4 heteroatoms. The molecule has 4 bridgehead atoms. The average molecular weight is 751 g/mol. The smallest absolute Gasteiger partial charge is 0.164 e. The van der Waals surface area contributed by atoms with Crippen LogP contribution in [-0.2, 0) is 10.8 Å². The number of benzene rings is 6. The van der Waals surface area contributed by atoms with E-state index in [-0.39, 0.29) is 5.41 Å². The van der Waals surface area contributed by atoms with Gasteiger partial charge in [-0.2, -0.15) is 0 Å². The molecule has 0 radical (unpaired) electrons. The number of aromatic nitrogens is 3. The first-order chi connectivity index (χ1) is 26.0. The molecule has 6 aromatic carbocycles. The number of rotatable bonds is 7. The van der Waals surface area contributed by atoms with E-state index < -0.39 is 0 Å². The Hall–Kier alpha value is -5.19. The second-order valence-electron chi connectivity index (χ2n) is 15.8. The van der Waals surface area contributed by atoms with E-state index in [0.717, 1.165) is 34.1 Å². The van der Waals surface area contributed by atoms with Gasteiger partial charge >= 0.3 is 0 Å². The molecule has 4 fully saturated rings. The zero-order valence-corrected chi connectivity index (χ0v) is 31.2. The van der Waals surface area contributed by atoms with Crippen molar-refractivity contribution < 1.29 is 0 Å². The van der Waals surface area contributed by atoms with Crippen molar-refractivity contribution in [3.8, 4) is 56.4 Å². The van der Waals surface area contributed by atoms with Crippen molar-refractivity contribution in [3.05, 3.63) is 173 Å². The van der Waals surface area contributed by atoms with Gasteiger partial charge in [0.15, 0.2) is 17.5 Å². The first kappa shape index (κ1) is 32.5. The Kier molecular flexibility index (Phi) is 7.98. The van der Waals surface area contributed by atoms with Crippen LogP contribution in [0.15, 0.2) is 162 Å². The summed E-state index contributed by atoms with van der Waals surface area (Å²) in [6, 6.07) is 56.7. The van der Waals surface area contributed by atoms with Crippen LogP contribution in [0.3, 0.4) is 0 Å². The standard InChI is InChI=1S/C49H40BrN3/c50-44-23-21-43(22-24-44)49-30-33-25-34(31-49)29-48(28-33,32-49)42-19-17-35(18-20-42)38-13-7-14-39(26-38)40-15-8-16-41(27-40)47-52-45(36-9-3-1-4-10-36)51-46(53-47)37-11-5-2-6-12-37/h1-24,26-27,33-34H,25,28-32H2. The van der Waals surface area contributed by atoms with E-state index in [1.54, 1.807) is 11.1 Å². The van der Waals surface area contributed by atoms with Gasteiger partial charge in [0.05, 0.1) is 0 Å². The highest BCUT2D eigenvalue weighted by Crippen LogP contribution is 2.66. The zero-order chi connectivity index (χ0) is 35.4. The summed E-state index contributed by atoms with van der Waals surface area (Å²) in [4.78, 5) is 14.8. The maximum atomic E-state index is 4.98. The third kappa shape index (κ3) is 6.03. The summed E-state index contributed by atoms with van der Waals surface area (Å²) in [5, 5.41) is 0. The molecule has 0 N–H and O–H groups in total. The van der Waals surface area contributed by atoms with Gasteiger partial charge in [0.25, 0.3) is 0 Å². The van der Waals surface area contributed by atoms with Crippen LogP contribution in [-0.4, -0.2) is 15.0 Å². The Morgan fingerprint density at radius 3 is 1.30 bits per heavy atom. The molecule has 3 nitrogen and oxygen atoms in total. The largest absolute Gasteiger partial charge is 0.208 e. The predicted molar refractivity (Wildman–Crippen MR) is 219 cm³/mol. The quantitative estimate of drug-likeness (QED) is 0.163. The van der Waals surface area contributed by atoms with E-state index >= 15 is 0 Å². The summed E-state index contributed by atoms with van der Waals surface area (Å²) in [6.45, 7) is 0. The molecule has 258 valence electrons. The third-order valence-electron chi connectivity index (χ3n) is 12.4. The highest BCUT2D eigenvalue weighted by molar-refractivity contribution is 9.10. The summed E-state index contributed by atoms with van der Waals surface area (Å²) in [7, 11) is 0. The fourth-order valence-electron chi connectivity index (χ4n) is 10.4. The van der Waals surface area contributed by atoms with Gasteiger partial charge in [0.1, 0.15) is 0 Å². The lowest BCUT2D eigenvalue weighted by molar-refractivity contribution is -0.0281. The average Bonchev–Trinajstić information content (AvgIpc) is 3.21. The van der Waals surface area contributed by atoms with E-state index in [1.165, 1.54) is 59.7 Å². The van der Waals surface area contributed by atoms with Gasteiger partial charge in [-0.1, -0.05) is 149 Å². The van der Waals surface area contributed by atoms with Gasteiger partial charge in [0.2, 0.25) is 0 Å². The molecule has 0 saturated heterocycles. The number of nitrogens with zero attached hydrogens (tertiary/aromatic N) is 3. The van der Waals surface area contributed by atoms with Crippen molar-refractivity contribution in [1.82, 2.24) is 15.0 Å². The molecule has 4 aliphatic rings. The van der Waals surface area contributed by atoms with Crippen molar-refractivity contribution in [2.75, 3.05) is 0 Å². The first-order valence-electron chi connectivity index (χ1n) is 19.0. The number of halogens is 1. The van der Waals surface area contributed by atoms with E-state index in [0.29, 0.717) is 22.9 Å². The molecular weight excluding hydrogens is 710 g/mol. The summed E-state index contributed by atoms with van der Waals surface area (Å²) >= 11 is 3.67. The van der Waals surface area contributed by atoms with Gasteiger partial charge in [-0.3, -0.25) is 0 Å². The summed E-state index contributed by atoms with van der Waals surface area (Å²) in [6.07, 6.45) is 8.09.